The maximum absolute atomic E-state index is 13.1. The molecular formula is C31H34F4N10OS2. The summed E-state index contributed by atoms with van der Waals surface area (Å²) < 4.78 is 52.5. The summed E-state index contributed by atoms with van der Waals surface area (Å²) in [6, 6.07) is 7.10. The van der Waals surface area contributed by atoms with Gasteiger partial charge < -0.3 is 20.4 Å². The van der Waals surface area contributed by atoms with E-state index >= 15 is 0 Å². The van der Waals surface area contributed by atoms with Crippen molar-refractivity contribution >= 4 is 45.1 Å². The second kappa shape index (κ2) is 13.5. The van der Waals surface area contributed by atoms with E-state index in [2.05, 4.69) is 41.0 Å². The summed E-state index contributed by atoms with van der Waals surface area (Å²) in [5, 5.41) is 27.2. The zero-order chi connectivity index (χ0) is 33.3. The molecule has 1 aliphatic carbocycles. The van der Waals surface area contributed by atoms with Crippen LogP contribution in [0.1, 0.15) is 63.9 Å². The molecule has 2 atom stereocenters. The van der Waals surface area contributed by atoms with E-state index in [9.17, 15) is 22.4 Å². The minimum Gasteiger partial charge on any atom is -0.360 e. The molecule has 2 aliphatic heterocycles. The van der Waals surface area contributed by atoms with Crippen LogP contribution in [0.4, 0.5) is 34.1 Å². The number of carbonyl (C=O) groups excluding carboxylic acids is 1. The van der Waals surface area contributed by atoms with Crippen molar-refractivity contribution in [2.24, 2.45) is 0 Å². The molecule has 4 aromatic rings. The lowest BCUT2D eigenvalue weighted by Crippen LogP contribution is -2.56. The topological polar surface area (TPSA) is 125 Å². The molecule has 0 radical (unpaired) electrons. The molecule has 1 amide bonds. The monoisotopic (exact) mass is 702 g/mol. The van der Waals surface area contributed by atoms with Gasteiger partial charge in [-0.05, 0) is 43.5 Å². The van der Waals surface area contributed by atoms with Gasteiger partial charge in [-0.25, -0.2) is 17.6 Å². The van der Waals surface area contributed by atoms with Gasteiger partial charge in [-0.15, -0.1) is 20.4 Å². The first kappa shape index (κ1) is 32.6. The van der Waals surface area contributed by atoms with Crippen LogP contribution in [-0.2, 0) is 24.2 Å². The standard InChI is InChI=1S/C31H34F4N10OS2/c32-30(33)15-44(16-30)23-6-4-21(37-12-23)8-9-36-29-43-42-28(48-29)20-3-1-2-19(10-20)27-41-40-26(47-27)14-39-25(46)11-22-5-7-24(13-38-22)45-17-31(34,35)18-45/h4-7,12-13,19-20H,1-3,8-11,14-18H2,(H,36,43)(H,39,46). The lowest BCUT2D eigenvalue weighted by Gasteiger charge is -2.40. The van der Waals surface area contributed by atoms with Crippen LogP contribution in [-0.4, -0.2) is 80.8 Å². The molecule has 2 unspecified atom stereocenters. The van der Waals surface area contributed by atoms with Gasteiger partial charge in [0, 0.05) is 36.2 Å². The van der Waals surface area contributed by atoms with Crippen LogP contribution in [0.25, 0.3) is 0 Å². The smallest absolute Gasteiger partial charge is 0.282 e. The fraction of sp³-hybridized carbons (Fsp3) is 0.516. The summed E-state index contributed by atoms with van der Waals surface area (Å²) >= 11 is 3.08. The van der Waals surface area contributed by atoms with Crippen molar-refractivity contribution in [1.82, 2.24) is 35.7 Å². The van der Waals surface area contributed by atoms with Gasteiger partial charge >= 0.3 is 0 Å². The van der Waals surface area contributed by atoms with Crippen LogP contribution >= 0.6 is 22.7 Å². The Morgan fingerprint density at radius 1 is 0.812 bits per heavy atom. The molecule has 1 saturated carbocycles. The Morgan fingerprint density at radius 3 is 2.02 bits per heavy atom. The molecule has 17 heteroatoms. The quantitative estimate of drug-likeness (QED) is 0.194. The molecule has 0 bridgehead atoms. The molecule has 2 N–H and O–H groups in total. The number of pyridine rings is 2. The molecule has 254 valence electrons. The summed E-state index contributed by atoms with van der Waals surface area (Å²) in [5.74, 6) is -4.92. The Morgan fingerprint density at radius 2 is 1.42 bits per heavy atom. The van der Waals surface area contributed by atoms with Gasteiger partial charge in [-0.2, -0.15) is 0 Å². The van der Waals surface area contributed by atoms with E-state index in [1.54, 1.807) is 39.5 Å². The number of nitrogens with zero attached hydrogens (tertiary/aromatic N) is 8. The Hall–Kier alpha value is -3.99. The third kappa shape index (κ3) is 7.83. The number of nitrogens with one attached hydrogen (secondary N) is 2. The highest BCUT2D eigenvalue weighted by molar-refractivity contribution is 7.15. The van der Waals surface area contributed by atoms with Gasteiger partial charge in [0.1, 0.15) is 15.0 Å². The normalized spacial score (nSPS) is 21.3. The minimum atomic E-state index is -2.65. The minimum absolute atomic E-state index is 0.0830. The predicted molar refractivity (Wildman–Crippen MR) is 174 cm³/mol. The van der Waals surface area contributed by atoms with E-state index in [1.165, 1.54) is 17.5 Å². The Kier molecular flexibility index (Phi) is 9.15. The number of aromatic nitrogens is 6. The number of anilines is 3. The first-order valence-electron chi connectivity index (χ1n) is 15.9. The molecule has 3 fully saturated rings. The number of amides is 1. The van der Waals surface area contributed by atoms with Gasteiger partial charge in [0.15, 0.2) is 0 Å². The summed E-state index contributed by atoms with van der Waals surface area (Å²) in [7, 11) is 0. The first-order valence-corrected chi connectivity index (χ1v) is 17.5. The number of rotatable bonds is 12. The summed E-state index contributed by atoms with van der Waals surface area (Å²) in [6.45, 7) is -0.236. The number of halogens is 4. The van der Waals surface area contributed by atoms with Crippen LogP contribution in [0, 0.1) is 0 Å². The maximum atomic E-state index is 13.1. The molecule has 6 heterocycles. The van der Waals surface area contributed by atoms with Crippen molar-refractivity contribution < 1.29 is 22.4 Å². The second-order valence-corrected chi connectivity index (χ2v) is 14.7. The van der Waals surface area contributed by atoms with Gasteiger partial charge in [0.25, 0.3) is 11.8 Å². The Labute approximate surface area is 282 Å². The van der Waals surface area contributed by atoms with Crippen molar-refractivity contribution in [1.29, 1.82) is 0 Å². The molecular weight excluding hydrogens is 669 g/mol. The van der Waals surface area contributed by atoms with Gasteiger partial charge in [-0.3, -0.25) is 14.8 Å². The maximum Gasteiger partial charge on any atom is 0.282 e. The van der Waals surface area contributed by atoms with Crippen LogP contribution in [0.3, 0.4) is 0 Å². The Bertz CT molecular complexity index is 1700. The van der Waals surface area contributed by atoms with Crippen molar-refractivity contribution in [2.75, 3.05) is 47.8 Å². The van der Waals surface area contributed by atoms with Gasteiger partial charge in [0.05, 0.1) is 62.9 Å². The molecule has 0 aromatic carbocycles. The van der Waals surface area contributed by atoms with Crippen LogP contribution in [0.5, 0.6) is 0 Å². The fourth-order valence-corrected chi connectivity index (χ4v) is 8.01. The largest absolute Gasteiger partial charge is 0.360 e. The van der Waals surface area contributed by atoms with Crippen LogP contribution < -0.4 is 20.4 Å². The molecule has 11 nitrogen and oxygen atoms in total. The van der Waals surface area contributed by atoms with Crippen molar-refractivity contribution in [3.8, 4) is 0 Å². The third-order valence-corrected chi connectivity index (χ3v) is 10.9. The number of hydrogen-bond acceptors (Lipinski definition) is 12. The average Bonchev–Trinajstić information content (AvgIpc) is 3.73. The highest BCUT2D eigenvalue weighted by atomic mass is 32.1. The average molecular weight is 703 g/mol. The SMILES string of the molecule is O=C(Cc1ccc(N2CC(F)(F)C2)cn1)NCc1nnc(C2CCCC(c3nnc(NCCc4ccc(N5CC(F)(F)C5)cn4)s3)C2)s1. The van der Waals surface area contributed by atoms with E-state index in [-0.39, 0.29) is 56.9 Å². The molecule has 0 spiro atoms. The summed E-state index contributed by atoms with van der Waals surface area (Å²) in [6.07, 6.45) is 7.93. The zero-order valence-electron chi connectivity index (χ0n) is 25.9. The molecule has 7 rings (SSSR count). The lowest BCUT2D eigenvalue weighted by molar-refractivity contribution is -0.120. The van der Waals surface area contributed by atoms with Gasteiger partial charge in [0.2, 0.25) is 11.0 Å². The predicted octanol–water partition coefficient (Wildman–Crippen LogP) is 5.05. The Balaban J connectivity index is 0.839. The second-order valence-electron chi connectivity index (χ2n) is 12.6. The molecule has 2 saturated heterocycles. The number of alkyl halides is 4. The third-order valence-electron chi connectivity index (χ3n) is 8.77. The number of hydrogen-bond donors (Lipinski definition) is 2. The van der Waals surface area contributed by atoms with Crippen molar-refractivity contribution in [3.05, 3.63) is 63.1 Å². The fourth-order valence-electron chi connectivity index (χ4n) is 6.16. The highest BCUT2D eigenvalue weighted by Gasteiger charge is 2.44. The summed E-state index contributed by atoms with van der Waals surface area (Å²) in [4.78, 5) is 24.4. The zero-order valence-corrected chi connectivity index (χ0v) is 27.6. The van der Waals surface area contributed by atoms with Crippen LogP contribution in [0.2, 0.25) is 0 Å². The van der Waals surface area contributed by atoms with E-state index in [1.807, 2.05) is 12.1 Å². The highest BCUT2D eigenvalue weighted by Crippen LogP contribution is 2.43. The van der Waals surface area contributed by atoms with Crippen molar-refractivity contribution in [3.63, 3.8) is 0 Å². The molecule has 4 aromatic heterocycles. The van der Waals surface area contributed by atoms with E-state index in [0.717, 1.165) is 51.5 Å². The lowest BCUT2D eigenvalue weighted by atomic mass is 9.82. The van der Waals surface area contributed by atoms with Crippen LogP contribution in [0.15, 0.2) is 36.7 Å². The van der Waals surface area contributed by atoms with Gasteiger partial charge in [-0.1, -0.05) is 29.1 Å². The van der Waals surface area contributed by atoms with E-state index in [0.29, 0.717) is 30.0 Å². The molecule has 3 aliphatic rings. The molecule has 48 heavy (non-hydrogen) atoms. The van der Waals surface area contributed by atoms with E-state index in [4.69, 9.17) is 0 Å². The summed E-state index contributed by atoms with van der Waals surface area (Å²) in [5.41, 5.74) is 2.77. The van der Waals surface area contributed by atoms with E-state index < -0.39 is 11.8 Å². The first-order chi connectivity index (χ1) is 23.1. The van der Waals surface area contributed by atoms with Crippen molar-refractivity contribution in [2.45, 2.75) is 68.8 Å². The number of carbonyl (C=O) groups is 1.